The maximum absolute atomic E-state index is 9.00. The molecule has 0 radical (unpaired) electrons. The Balaban J connectivity index is -0.0000000250. The van der Waals surface area contributed by atoms with Crippen LogP contribution in [0.2, 0.25) is 0 Å². The average Bonchev–Trinajstić information content (AvgIpc) is 1.94. The van der Waals surface area contributed by atoms with Crippen LogP contribution in [0.4, 0.5) is 0 Å². The fraction of sp³-hybridized carbons (Fsp3) is 0.500. The quantitative estimate of drug-likeness (QED) is 0.345. The van der Waals surface area contributed by atoms with Crippen molar-refractivity contribution in [3.05, 3.63) is 0 Å². The van der Waals surface area contributed by atoms with Crippen LogP contribution in [0.1, 0.15) is 34.6 Å². The van der Waals surface area contributed by atoms with Crippen LogP contribution in [0.5, 0.6) is 0 Å². The van der Waals surface area contributed by atoms with Crippen LogP contribution in [0, 0.1) is 0 Å². The van der Waals surface area contributed by atoms with Crippen molar-refractivity contribution in [2.75, 3.05) is 0 Å². The molecule has 0 saturated heterocycles. The van der Waals surface area contributed by atoms with E-state index in [0.717, 1.165) is 34.6 Å². The number of carboxylic acids is 5. The summed E-state index contributed by atoms with van der Waals surface area (Å²) in [6.07, 6.45) is 0. The SMILES string of the molecule is CC(=O)O.CC(=O)O.CC(=O)O.CC(=O)O.CC(=O)O.[NaH].[NaH]. The van der Waals surface area contributed by atoms with Crippen molar-refractivity contribution in [2.24, 2.45) is 0 Å². The van der Waals surface area contributed by atoms with Gasteiger partial charge in [0.15, 0.2) is 0 Å². The Hall–Kier alpha value is -0.650. The van der Waals surface area contributed by atoms with Gasteiger partial charge in [-0.15, -0.1) is 0 Å². The van der Waals surface area contributed by atoms with Gasteiger partial charge in [-0.25, -0.2) is 0 Å². The second-order valence-electron chi connectivity index (χ2n) is 2.60. The molecule has 0 heterocycles. The van der Waals surface area contributed by atoms with Crippen LogP contribution in [-0.4, -0.2) is 114 Å². The zero-order valence-electron chi connectivity index (χ0n) is 11.8. The van der Waals surface area contributed by atoms with Gasteiger partial charge in [0.25, 0.3) is 29.8 Å². The van der Waals surface area contributed by atoms with E-state index in [1.54, 1.807) is 0 Å². The molecule has 0 atom stereocenters. The first-order chi connectivity index (χ1) is 8.66. The zero-order chi connectivity index (χ0) is 17.9. The van der Waals surface area contributed by atoms with Crippen LogP contribution in [0.15, 0.2) is 0 Å². The second kappa shape index (κ2) is 37.0. The van der Waals surface area contributed by atoms with Gasteiger partial charge in [-0.3, -0.25) is 24.0 Å². The third-order valence-electron chi connectivity index (χ3n) is 0. The second-order valence-corrected chi connectivity index (χ2v) is 2.60. The van der Waals surface area contributed by atoms with E-state index < -0.39 is 29.8 Å². The van der Waals surface area contributed by atoms with Crippen molar-refractivity contribution in [1.29, 1.82) is 0 Å². The predicted octanol–water partition coefficient (Wildman–Crippen LogP) is -0.842. The van der Waals surface area contributed by atoms with E-state index >= 15 is 0 Å². The molecule has 22 heavy (non-hydrogen) atoms. The molecule has 10 nitrogen and oxygen atoms in total. The van der Waals surface area contributed by atoms with E-state index in [1.807, 2.05) is 0 Å². The fourth-order valence-corrected chi connectivity index (χ4v) is 0. The van der Waals surface area contributed by atoms with Crippen molar-refractivity contribution in [3.63, 3.8) is 0 Å². The van der Waals surface area contributed by atoms with Crippen molar-refractivity contribution >= 4 is 89.0 Å². The molecular formula is C10H22Na2O10. The summed E-state index contributed by atoms with van der Waals surface area (Å²) in [6.45, 7) is 5.42. The van der Waals surface area contributed by atoms with Gasteiger partial charge in [0, 0.05) is 34.6 Å². The Labute approximate surface area is 172 Å². The monoisotopic (exact) mass is 348 g/mol. The molecule has 0 rings (SSSR count). The summed E-state index contributed by atoms with van der Waals surface area (Å²) in [7, 11) is 0. The van der Waals surface area contributed by atoms with Gasteiger partial charge in [-0.1, -0.05) is 0 Å². The van der Waals surface area contributed by atoms with Gasteiger partial charge in [0.1, 0.15) is 0 Å². The Morgan fingerprint density at radius 3 is 0.409 bits per heavy atom. The minimum absolute atomic E-state index is 0. The summed E-state index contributed by atoms with van der Waals surface area (Å²) in [6, 6.07) is 0. The minimum atomic E-state index is -0.833. The number of carbonyl (C=O) groups is 5. The normalized spacial score (nSPS) is 5.68. The number of carboxylic acid groups (broad SMARTS) is 5. The third-order valence-corrected chi connectivity index (χ3v) is 0. The van der Waals surface area contributed by atoms with Gasteiger partial charge >= 0.3 is 59.1 Å². The van der Waals surface area contributed by atoms with Crippen molar-refractivity contribution < 1.29 is 49.5 Å². The molecular weight excluding hydrogens is 326 g/mol. The Bertz CT molecular complexity index is 214. The number of hydrogen-bond donors (Lipinski definition) is 5. The Morgan fingerprint density at radius 2 is 0.409 bits per heavy atom. The van der Waals surface area contributed by atoms with E-state index in [0.29, 0.717) is 0 Å². The molecule has 0 aromatic heterocycles. The van der Waals surface area contributed by atoms with E-state index in [9.17, 15) is 0 Å². The van der Waals surface area contributed by atoms with Gasteiger partial charge in [-0.2, -0.15) is 0 Å². The molecule has 12 heteroatoms. The standard InChI is InChI=1S/5C2H4O2.2Na.2H/c5*1-2(3)4;;;;/h5*1H3,(H,3,4);;;;. The summed E-state index contributed by atoms with van der Waals surface area (Å²) in [5.41, 5.74) is 0. The molecule has 0 spiro atoms. The van der Waals surface area contributed by atoms with Crippen LogP contribution < -0.4 is 0 Å². The first-order valence-electron chi connectivity index (χ1n) is 4.64. The van der Waals surface area contributed by atoms with E-state index in [1.165, 1.54) is 0 Å². The van der Waals surface area contributed by atoms with Gasteiger partial charge in [0.05, 0.1) is 0 Å². The summed E-state index contributed by atoms with van der Waals surface area (Å²) < 4.78 is 0. The number of hydrogen-bond acceptors (Lipinski definition) is 5. The van der Waals surface area contributed by atoms with Crippen LogP contribution >= 0.6 is 0 Å². The molecule has 0 saturated carbocycles. The summed E-state index contributed by atoms with van der Waals surface area (Å²) in [4.78, 5) is 45.0. The van der Waals surface area contributed by atoms with Gasteiger partial charge in [0.2, 0.25) is 0 Å². The first-order valence-corrected chi connectivity index (χ1v) is 4.64. The van der Waals surface area contributed by atoms with E-state index in [2.05, 4.69) is 0 Å². The maximum atomic E-state index is 9.00. The molecule has 0 aromatic carbocycles. The molecule has 0 unspecified atom stereocenters. The van der Waals surface area contributed by atoms with Crippen molar-refractivity contribution in [2.45, 2.75) is 34.6 Å². The first kappa shape index (κ1) is 42.9. The van der Waals surface area contributed by atoms with E-state index in [4.69, 9.17) is 49.5 Å². The number of rotatable bonds is 0. The van der Waals surface area contributed by atoms with E-state index in [-0.39, 0.29) is 59.1 Å². The molecule has 0 aliphatic heterocycles. The molecule has 5 N–H and O–H groups in total. The summed E-state index contributed by atoms with van der Waals surface area (Å²) in [5.74, 6) is -4.17. The molecule has 0 amide bonds. The van der Waals surface area contributed by atoms with Crippen LogP contribution in [-0.2, 0) is 24.0 Å². The average molecular weight is 348 g/mol. The van der Waals surface area contributed by atoms with Gasteiger partial charge < -0.3 is 25.5 Å². The Morgan fingerprint density at radius 1 is 0.409 bits per heavy atom. The Kier molecular flexibility index (Phi) is 72.2. The molecule has 0 aromatic rings. The van der Waals surface area contributed by atoms with Crippen LogP contribution in [0.25, 0.3) is 0 Å². The molecule has 124 valence electrons. The summed E-state index contributed by atoms with van der Waals surface area (Å²) >= 11 is 0. The zero-order valence-corrected chi connectivity index (χ0v) is 11.8. The molecule has 0 fully saturated rings. The predicted molar refractivity (Wildman–Crippen MR) is 80.8 cm³/mol. The molecule has 0 bridgehead atoms. The fourth-order valence-electron chi connectivity index (χ4n) is 0. The third kappa shape index (κ3) is 15400. The molecule has 0 aliphatic rings. The summed E-state index contributed by atoms with van der Waals surface area (Å²) in [5, 5.41) is 37.1. The van der Waals surface area contributed by atoms with Crippen molar-refractivity contribution in [1.82, 2.24) is 0 Å². The van der Waals surface area contributed by atoms with Gasteiger partial charge in [-0.05, 0) is 0 Å². The topological polar surface area (TPSA) is 186 Å². The van der Waals surface area contributed by atoms with Crippen molar-refractivity contribution in [3.8, 4) is 0 Å². The molecule has 0 aliphatic carbocycles. The van der Waals surface area contributed by atoms with Crippen LogP contribution in [0.3, 0.4) is 0 Å². The number of aliphatic carboxylic acids is 5.